The number of nitrogens with zero attached hydrogens (tertiary/aromatic N) is 3. The van der Waals surface area contributed by atoms with Crippen molar-refractivity contribution in [2.24, 2.45) is 5.92 Å². The molecular formula is C24H25F3N6O. The standard InChI is InChI=1S/C24H25F3N6O/c25-24(26,27)23(11-1-2-13-30-23)16-5-7-17(8-6-16)31-21-20-19(10-14-29-22(20)34)33(32-21)18(9-12-28)15-3-4-15/h5-8,10,14-15,18,30H,1-4,9,11,13H2,(H,29,34)(H,31,32)/t18-,23-/m0/s1. The van der Waals surface area contributed by atoms with Crippen molar-refractivity contribution in [2.75, 3.05) is 11.9 Å². The van der Waals surface area contributed by atoms with Gasteiger partial charge in [-0.15, -0.1) is 0 Å². The van der Waals surface area contributed by atoms with Gasteiger partial charge in [0.15, 0.2) is 5.82 Å². The maximum Gasteiger partial charge on any atom is 0.410 e. The average Bonchev–Trinajstić information content (AvgIpc) is 3.60. The summed E-state index contributed by atoms with van der Waals surface area (Å²) in [5.41, 5.74) is -1.06. The molecule has 2 aromatic heterocycles. The molecule has 0 amide bonds. The van der Waals surface area contributed by atoms with Crippen LogP contribution in [0.15, 0.2) is 41.3 Å². The van der Waals surface area contributed by atoms with Crippen molar-refractivity contribution >= 4 is 22.4 Å². The van der Waals surface area contributed by atoms with E-state index >= 15 is 0 Å². The first-order valence-electron chi connectivity index (χ1n) is 11.5. The van der Waals surface area contributed by atoms with Crippen molar-refractivity contribution in [3.05, 3.63) is 52.4 Å². The minimum atomic E-state index is -4.41. The third kappa shape index (κ3) is 3.84. The Morgan fingerprint density at radius 1 is 1.24 bits per heavy atom. The number of aromatic nitrogens is 3. The molecule has 3 heterocycles. The number of benzene rings is 1. The van der Waals surface area contributed by atoms with E-state index in [9.17, 15) is 23.2 Å². The highest BCUT2D eigenvalue weighted by Crippen LogP contribution is 2.45. The Morgan fingerprint density at radius 2 is 2.00 bits per heavy atom. The maximum atomic E-state index is 14.0. The second kappa shape index (κ2) is 8.47. The first kappa shape index (κ1) is 22.5. The number of nitrogens with one attached hydrogen (secondary N) is 3. The molecule has 34 heavy (non-hydrogen) atoms. The molecule has 1 aliphatic carbocycles. The highest BCUT2D eigenvalue weighted by atomic mass is 19.4. The quantitative estimate of drug-likeness (QED) is 0.478. The molecule has 1 aliphatic heterocycles. The largest absolute Gasteiger partial charge is 0.410 e. The first-order chi connectivity index (χ1) is 16.3. The molecule has 2 fully saturated rings. The van der Waals surface area contributed by atoms with Gasteiger partial charge in [-0.3, -0.25) is 14.8 Å². The molecule has 0 radical (unpaired) electrons. The van der Waals surface area contributed by atoms with Gasteiger partial charge in [-0.05, 0) is 68.3 Å². The average molecular weight is 470 g/mol. The summed E-state index contributed by atoms with van der Waals surface area (Å²) >= 11 is 0. The lowest BCUT2D eigenvalue weighted by Crippen LogP contribution is -2.56. The van der Waals surface area contributed by atoms with Gasteiger partial charge in [0.1, 0.15) is 10.9 Å². The molecule has 0 unspecified atom stereocenters. The van der Waals surface area contributed by atoms with Gasteiger partial charge in [0.25, 0.3) is 5.56 Å². The van der Waals surface area contributed by atoms with Crippen LogP contribution in [0.5, 0.6) is 0 Å². The van der Waals surface area contributed by atoms with Crippen LogP contribution in [0.4, 0.5) is 24.7 Å². The summed E-state index contributed by atoms with van der Waals surface area (Å²) < 4.78 is 43.8. The number of piperidine rings is 1. The zero-order valence-electron chi connectivity index (χ0n) is 18.5. The molecule has 7 nitrogen and oxygen atoms in total. The number of hydrogen-bond donors (Lipinski definition) is 3. The van der Waals surface area contributed by atoms with Crippen LogP contribution in [0.1, 0.15) is 50.1 Å². The van der Waals surface area contributed by atoms with Crippen LogP contribution in [0, 0.1) is 17.2 Å². The number of pyridine rings is 1. The van der Waals surface area contributed by atoms with Crippen LogP contribution in [-0.2, 0) is 5.54 Å². The van der Waals surface area contributed by atoms with Gasteiger partial charge in [-0.1, -0.05) is 12.1 Å². The lowest BCUT2D eigenvalue weighted by Gasteiger charge is -2.40. The number of nitriles is 1. The fraction of sp³-hybridized carbons (Fsp3) is 0.458. The van der Waals surface area contributed by atoms with Crippen LogP contribution in [0.2, 0.25) is 0 Å². The van der Waals surface area contributed by atoms with Crippen molar-refractivity contribution in [3.8, 4) is 6.07 Å². The Hall–Kier alpha value is -3.32. The summed E-state index contributed by atoms with van der Waals surface area (Å²) in [5, 5.41) is 20.1. The van der Waals surface area contributed by atoms with Gasteiger partial charge in [-0.2, -0.15) is 23.5 Å². The lowest BCUT2D eigenvalue weighted by molar-refractivity contribution is -0.207. The predicted octanol–water partition coefficient (Wildman–Crippen LogP) is 4.86. The summed E-state index contributed by atoms with van der Waals surface area (Å²) in [6, 6.07) is 9.94. The van der Waals surface area contributed by atoms with Crippen LogP contribution in [-0.4, -0.2) is 27.5 Å². The summed E-state index contributed by atoms with van der Waals surface area (Å²) in [5.74, 6) is 0.658. The topological polar surface area (TPSA) is 98.5 Å². The third-order valence-corrected chi connectivity index (χ3v) is 6.94. The van der Waals surface area contributed by atoms with E-state index in [-0.39, 0.29) is 30.0 Å². The lowest BCUT2D eigenvalue weighted by atomic mass is 9.81. The van der Waals surface area contributed by atoms with E-state index in [0.29, 0.717) is 41.3 Å². The number of aromatic amines is 1. The molecule has 1 saturated heterocycles. The number of fused-ring (bicyclic) bond motifs is 1. The molecule has 178 valence electrons. The maximum absolute atomic E-state index is 14.0. The van der Waals surface area contributed by atoms with Gasteiger partial charge >= 0.3 is 6.18 Å². The van der Waals surface area contributed by atoms with E-state index in [1.165, 1.54) is 12.1 Å². The Kier molecular flexibility index (Phi) is 5.60. The molecule has 2 aliphatic rings. The number of alkyl halides is 3. The fourth-order valence-electron chi connectivity index (χ4n) is 5.00. The molecule has 3 aromatic rings. The number of anilines is 2. The molecular weight excluding hydrogens is 445 g/mol. The number of halogens is 3. The van der Waals surface area contributed by atoms with Crippen LogP contribution >= 0.6 is 0 Å². The van der Waals surface area contributed by atoms with Crippen LogP contribution in [0.3, 0.4) is 0 Å². The minimum Gasteiger partial charge on any atom is -0.338 e. The Morgan fingerprint density at radius 3 is 2.62 bits per heavy atom. The zero-order valence-corrected chi connectivity index (χ0v) is 18.5. The van der Waals surface area contributed by atoms with Crippen molar-refractivity contribution in [2.45, 2.75) is 56.3 Å². The zero-order chi connectivity index (χ0) is 23.9. The van der Waals surface area contributed by atoms with Crippen LogP contribution in [0.25, 0.3) is 10.9 Å². The van der Waals surface area contributed by atoms with E-state index in [1.807, 2.05) is 0 Å². The molecule has 0 bridgehead atoms. The number of rotatable bonds is 6. The van der Waals surface area contributed by atoms with Gasteiger partial charge in [0, 0.05) is 11.9 Å². The van der Waals surface area contributed by atoms with Crippen LogP contribution < -0.4 is 16.2 Å². The van der Waals surface area contributed by atoms with E-state index < -0.39 is 11.7 Å². The van der Waals surface area contributed by atoms with E-state index in [0.717, 1.165) is 19.3 Å². The third-order valence-electron chi connectivity index (χ3n) is 6.94. The molecule has 1 aromatic carbocycles. The number of hydrogen-bond acceptors (Lipinski definition) is 5. The van der Waals surface area contributed by atoms with Crippen molar-refractivity contribution in [1.29, 1.82) is 5.26 Å². The second-order valence-corrected chi connectivity index (χ2v) is 9.12. The monoisotopic (exact) mass is 470 g/mol. The second-order valence-electron chi connectivity index (χ2n) is 9.12. The van der Waals surface area contributed by atoms with Gasteiger partial charge in [0.2, 0.25) is 0 Å². The smallest absolute Gasteiger partial charge is 0.338 e. The SMILES string of the molecule is N#CC[C@@H](C1CC1)n1nc(Nc2ccc([C@]3(C(F)(F)F)CCCCN3)cc2)c2c(=O)[nH]ccc21. The Bertz CT molecular complexity index is 1280. The van der Waals surface area contributed by atoms with E-state index in [4.69, 9.17) is 0 Å². The minimum absolute atomic E-state index is 0.00482. The van der Waals surface area contributed by atoms with Gasteiger partial charge < -0.3 is 10.3 Å². The van der Waals surface area contributed by atoms with Gasteiger partial charge in [0.05, 0.1) is 24.0 Å². The predicted molar refractivity (Wildman–Crippen MR) is 122 cm³/mol. The molecule has 2 atom stereocenters. The Balaban J connectivity index is 1.49. The molecule has 10 heteroatoms. The highest BCUT2D eigenvalue weighted by Gasteiger charge is 2.56. The Labute approximate surface area is 194 Å². The molecule has 0 spiro atoms. The summed E-state index contributed by atoms with van der Waals surface area (Å²) in [6.07, 6.45) is 0.657. The molecule has 1 saturated carbocycles. The van der Waals surface area contributed by atoms with Crippen molar-refractivity contribution in [3.63, 3.8) is 0 Å². The van der Waals surface area contributed by atoms with Crippen molar-refractivity contribution < 1.29 is 13.2 Å². The van der Waals surface area contributed by atoms with Crippen molar-refractivity contribution in [1.82, 2.24) is 20.1 Å². The summed E-state index contributed by atoms with van der Waals surface area (Å²) in [6.45, 7) is 0.316. The molecule has 5 rings (SSSR count). The van der Waals surface area contributed by atoms with Gasteiger partial charge in [-0.25, -0.2) is 0 Å². The van der Waals surface area contributed by atoms with E-state index in [1.54, 1.807) is 29.1 Å². The highest BCUT2D eigenvalue weighted by molar-refractivity contribution is 5.91. The first-order valence-corrected chi connectivity index (χ1v) is 11.5. The fourth-order valence-corrected chi connectivity index (χ4v) is 5.00. The number of H-pyrrole nitrogens is 1. The molecule has 3 N–H and O–H groups in total. The van der Waals surface area contributed by atoms with E-state index in [2.05, 4.69) is 26.8 Å². The normalized spacial score (nSPS) is 21.8. The summed E-state index contributed by atoms with van der Waals surface area (Å²) in [7, 11) is 0. The summed E-state index contributed by atoms with van der Waals surface area (Å²) in [4.78, 5) is 15.3.